The Bertz CT molecular complexity index is 707. The van der Waals surface area contributed by atoms with E-state index in [4.69, 9.17) is 10.5 Å². The predicted molar refractivity (Wildman–Crippen MR) is 67.2 cm³/mol. The zero-order chi connectivity index (χ0) is 12.5. The van der Waals surface area contributed by atoms with Crippen molar-refractivity contribution in [1.29, 1.82) is 0 Å². The van der Waals surface area contributed by atoms with Crippen LogP contribution in [0, 0.1) is 0 Å². The SMILES string of the molecule is COc1cc(N)ccc1-c1nnc2cccnn12. The van der Waals surface area contributed by atoms with Crippen molar-refractivity contribution in [2.24, 2.45) is 0 Å². The van der Waals surface area contributed by atoms with Crippen LogP contribution >= 0.6 is 0 Å². The average molecular weight is 241 g/mol. The minimum absolute atomic E-state index is 0.627. The van der Waals surface area contributed by atoms with Gasteiger partial charge >= 0.3 is 0 Å². The summed E-state index contributed by atoms with van der Waals surface area (Å²) in [5.41, 5.74) is 7.86. The lowest BCUT2D eigenvalue weighted by molar-refractivity contribution is 0.416. The minimum Gasteiger partial charge on any atom is -0.496 e. The van der Waals surface area contributed by atoms with Crippen LogP contribution in [0.25, 0.3) is 17.0 Å². The normalized spacial score (nSPS) is 10.7. The Labute approximate surface area is 103 Å². The Balaban J connectivity index is 2.26. The van der Waals surface area contributed by atoms with Gasteiger partial charge in [0.05, 0.1) is 12.7 Å². The van der Waals surface area contributed by atoms with E-state index in [-0.39, 0.29) is 0 Å². The van der Waals surface area contributed by atoms with Gasteiger partial charge in [-0.05, 0) is 24.3 Å². The number of rotatable bonds is 2. The van der Waals surface area contributed by atoms with Crippen LogP contribution in [0.1, 0.15) is 0 Å². The number of nitrogen functional groups attached to an aromatic ring is 1. The molecule has 0 aliphatic rings. The second-order valence-electron chi connectivity index (χ2n) is 3.78. The molecule has 0 saturated heterocycles. The summed E-state index contributed by atoms with van der Waals surface area (Å²) in [6.07, 6.45) is 1.68. The molecule has 0 amide bonds. The number of nitrogens with zero attached hydrogens (tertiary/aromatic N) is 4. The highest BCUT2D eigenvalue weighted by Gasteiger charge is 2.13. The quantitative estimate of drug-likeness (QED) is 0.686. The van der Waals surface area contributed by atoms with E-state index in [1.807, 2.05) is 18.2 Å². The Morgan fingerprint density at radius 2 is 2.11 bits per heavy atom. The van der Waals surface area contributed by atoms with E-state index in [9.17, 15) is 0 Å². The summed E-state index contributed by atoms with van der Waals surface area (Å²) in [5.74, 6) is 1.28. The minimum atomic E-state index is 0.627. The molecule has 90 valence electrons. The number of ether oxygens (including phenoxy) is 1. The number of hydrogen-bond acceptors (Lipinski definition) is 5. The number of methoxy groups -OCH3 is 1. The van der Waals surface area contributed by atoms with Gasteiger partial charge in [0.2, 0.25) is 0 Å². The largest absolute Gasteiger partial charge is 0.496 e. The van der Waals surface area contributed by atoms with Gasteiger partial charge in [-0.1, -0.05) is 0 Å². The lowest BCUT2D eigenvalue weighted by atomic mass is 10.1. The van der Waals surface area contributed by atoms with E-state index in [0.29, 0.717) is 22.9 Å². The molecular formula is C12H11N5O. The first-order valence-corrected chi connectivity index (χ1v) is 5.40. The second kappa shape index (κ2) is 3.99. The maximum atomic E-state index is 5.73. The smallest absolute Gasteiger partial charge is 0.189 e. The Morgan fingerprint density at radius 3 is 2.94 bits per heavy atom. The lowest BCUT2D eigenvalue weighted by Crippen LogP contribution is -1.97. The summed E-state index contributed by atoms with van der Waals surface area (Å²) in [6, 6.07) is 9.04. The van der Waals surface area contributed by atoms with Gasteiger partial charge in [-0.15, -0.1) is 10.2 Å². The van der Waals surface area contributed by atoms with E-state index in [2.05, 4.69) is 15.3 Å². The zero-order valence-corrected chi connectivity index (χ0v) is 9.74. The molecule has 2 aromatic heterocycles. The molecule has 3 aromatic rings. The molecule has 1 aromatic carbocycles. The molecule has 18 heavy (non-hydrogen) atoms. The number of aromatic nitrogens is 4. The molecule has 0 unspecified atom stereocenters. The fraction of sp³-hybridized carbons (Fsp3) is 0.0833. The summed E-state index contributed by atoms with van der Waals surface area (Å²) < 4.78 is 6.97. The third-order valence-corrected chi connectivity index (χ3v) is 2.64. The van der Waals surface area contributed by atoms with Crippen LogP contribution in [0.4, 0.5) is 5.69 Å². The lowest BCUT2D eigenvalue weighted by Gasteiger charge is -2.07. The van der Waals surface area contributed by atoms with Crippen LogP contribution < -0.4 is 10.5 Å². The first-order chi connectivity index (χ1) is 8.79. The van der Waals surface area contributed by atoms with E-state index >= 15 is 0 Å². The monoisotopic (exact) mass is 241 g/mol. The van der Waals surface area contributed by atoms with Gasteiger partial charge in [-0.25, -0.2) is 0 Å². The van der Waals surface area contributed by atoms with E-state index in [1.54, 1.807) is 30.0 Å². The third kappa shape index (κ3) is 1.55. The number of benzene rings is 1. The van der Waals surface area contributed by atoms with Crippen molar-refractivity contribution in [2.45, 2.75) is 0 Å². The number of anilines is 1. The van der Waals surface area contributed by atoms with Crippen molar-refractivity contribution in [3.05, 3.63) is 36.5 Å². The first kappa shape index (κ1) is 10.5. The van der Waals surface area contributed by atoms with Crippen LogP contribution in [0.2, 0.25) is 0 Å². The van der Waals surface area contributed by atoms with Crippen molar-refractivity contribution in [3.8, 4) is 17.1 Å². The molecular weight excluding hydrogens is 230 g/mol. The van der Waals surface area contributed by atoms with Gasteiger partial charge in [0, 0.05) is 18.0 Å². The number of hydrogen-bond donors (Lipinski definition) is 1. The van der Waals surface area contributed by atoms with Crippen LogP contribution in [-0.2, 0) is 0 Å². The summed E-state index contributed by atoms with van der Waals surface area (Å²) in [5, 5.41) is 12.4. The van der Waals surface area contributed by atoms with Gasteiger partial charge < -0.3 is 10.5 Å². The van der Waals surface area contributed by atoms with Gasteiger partial charge in [-0.3, -0.25) is 0 Å². The van der Waals surface area contributed by atoms with Gasteiger partial charge in [-0.2, -0.15) is 9.61 Å². The fourth-order valence-electron chi connectivity index (χ4n) is 1.80. The highest BCUT2D eigenvalue weighted by atomic mass is 16.5. The summed E-state index contributed by atoms with van der Waals surface area (Å²) >= 11 is 0. The fourth-order valence-corrected chi connectivity index (χ4v) is 1.80. The molecule has 0 fully saturated rings. The molecule has 0 atom stereocenters. The summed E-state index contributed by atoms with van der Waals surface area (Å²) in [4.78, 5) is 0. The van der Waals surface area contributed by atoms with Crippen LogP contribution in [0.15, 0.2) is 36.5 Å². The van der Waals surface area contributed by atoms with Crippen molar-refractivity contribution in [2.75, 3.05) is 12.8 Å². The molecule has 0 spiro atoms. The van der Waals surface area contributed by atoms with Crippen LogP contribution in [0.5, 0.6) is 5.75 Å². The average Bonchev–Trinajstić information content (AvgIpc) is 2.82. The number of nitrogens with two attached hydrogens (primary N) is 1. The predicted octanol–water partition coefficient (Wildman–Crippen LogP) is 1.38. The Morgan fingerprint density at radius 1 is 1.22 bits per heavy atom. The van der Waals surface area contributed by atoms with E-state index < -0.39 is 0 Å². The second-order valence-corrected chi connectivity index (χ2v) is 3.78. The Hall–Kier alpha value is -2.63. The summed E-state index contributed by atoms with van der Waals surface area (Å²) in [6.45, 7) is 0. The molecule has 0 saturated carbocycles. The molecule has 0 radical (unpaired) electrons. The zero-order valence-electron chi connectivity index (χ0n) is 9.74. The van der Waals surface area contributed by atoms with Gasteiger partial charge in [0.25, 0.3) is 0 Å². The van der Waals surface area contributed by atoms with Crippen molar-refractivity contribution >= 4 is 11.3 Å². The Kier molecular flexibility index (Phi) is 2.33. The van der Waals surface area contributed by atoms with Crippen LogP contribution in [0.3, 0.4) is 0 Å². The highest BCUT2D eigenvalue weighted by molar-refractivity contribution is 5.69. The summed E-state index contributed by atoms with van der Waals surface area (Å²) in [7, 11) is 1.59. The first-order valence-electron chi connectivity index (χ1n) is 5.40. The van der Waals surface area contributed by atoms with Gasteiger partial charge in [0.1, 0.15) is 5.75 Å². The standard InChI is InChI=1S/C12H11N5O/c1-18-10-7-8(13)4-5-9(10)12-16-15-11-3-2-6-14-17(11)12/h2-7H,13H2,1H3. The number of fused-ring (bicyclic) bond motifs is 1. The molecule has 6 nitrogen and oxygen atoms in total. The van der Waals surface area contributed by atoms with Crippen molar-refractivity contribution < 1.29 is 4.74 Å². The molecule has 2 heterocycles. The van der Waals surface area contributed by atoms with Crippen molar-refractivity contribution in [3.63, 3.8) is 0 Å². The van der Waals surface area contributed by atoms with Crippen molar-refractivity contribution in [1.82, 2.24) is 19.8 Å². The molecule has 2 N–H and O–H groups in total. The van der Waals surface area contributed by atoms with E-state index in [1.165, 1.54) is 0 Å². The van der Waals surface area contributed by atoms with E-state index in [0.717, 1.165) is 5.56 Å². The topological polar surface area (TPSA) is 78.3 Å². The molecule has 0 bridgehead atoms. The molecule has 0 aliphatic carbocycles. The molecule has 3 rings (SSSR count). The van der Waals surface area contributed by atoms with Crippen LogP contribution in [-0.4, -0.2) is 26.9 Å². The molecule has 6 heteroatoms. The molecule has 0 aliphatic heterocycles. The maximum absolute atomic E-state index is 5.73. The third-order valence-electron chi connectivity index (χ3n) is 2.64. The highest BCUT2D eigenvalue weighted by Crippen LogP contribution is 2.30. The van der Waals surface area contributed by atoms with Gasteiger partial charge in [0.15, 0.2) is 11.5 Å². The maximum Gasteiger partial charge on any atom is 0.189 e.